The van der Waals surface area contributed by atoms with Crippen LogP contribution in [-0.4, -0.2) is 30.0 Å². The number of hydrogen-bond acceptors (Lipinski definition) is 4. The highest BCUT2D eigenvalue weighted by molar-refractivity contribution is 14.1. The van der Waals surface area contributed by atoms with Crippen molar-refractivity contribution in [2.45, 2.75) is 12.5 Å². The number of fused-ring (bicyclic) bond motifs is 3. The van der Waals surface area contributed by atoms with Gasteiger partial charge in [0.25, 0.3) is 0 Å². The lowest BCUT2D eigenvalue weighted by molar-refractivity contribution is -0.116. The van der Waals surface area contributed by atoms with Gasteiger partial charge in [0.15, 0.2) is 17.4 Å². The monoisotopic (exact) mass is 316 g/mol. The summed E-state index contributed by atoms with van der Waals surface area (Å²) < 4.78 is 6.70. The van der Waals surface area contributed by atoms with Crippen molar-refractivity contribution in [3.8, 4) is 5.75 Å². The van der Waals surface area contributed by atoms with E-state index < -0.39 is 0 Å². The quantitative estimate of drug-likeness (QED) is 0.675. The molecule has 0 aliphatic carbocycles. The molecule has 1 saturated heterocycles. The Kier molecular flexibility index (Phi) is 2.08. The Morgan fingerprint density at radius 1 is 1.60 bits per heavy atom. The number of ether oxygens (including phenoxy) is 1. The number of hydrogen-bond donors (Lipinski definition) is 0. The van der Waals surface area contributed by atoms with Gasteiger partial charge in [0.1, 0.15) is 6.61 Å². The van der Waals surface area contributed by atoms with Gasteiger partial charge < -0.3 is 9.64 Å². The van der Waals surface area contributed by atoms with Crippen LogP contribution in [0.5, 0.6) is 5.75 Å². The highest BCUT2D eigenvalue weighted by Crippen LogP contribution is 2.37. The second kappa shape index (κ2) is 3.33. The van der Waals surface area contributed by atoms with E-state index in [0.29, 0.717) is 19.6 Å². The molecule has 2 aliphatic heterocycles. The molecular weight excluding hydrogens is 307 g/mol. The van der Waals surface area contributed by atoms with Gasteiger partial charge in [0, 0.05) is 12.6 Å². The highest BCUT2D eigenvalue weighted by Gasteiger charge is 2.37. The minimum atomic E-state index is 0.190. The third-order valence-corrected chi connectivity index (χ3v) is 3.63. The maximum Gasteiger partial charge on any atom is 0.175 e. The van der Waals surface area contributed by atoms with Crippen LogP contribution in [0.15, 0.2) is 12.3 Å². The number of carbonyl (C=O) groups is 1. The van der Waals surface area contributed by atoms with Gasteiger partial charge in [-0.3, -0.25) is 4.79 Å². The number of anilines is 1. The molecule has 4 nitrogen and oxygen atoms in total. The minimum absolute atomic E-state index is 0.190. The molecule has 1 aromatic rings. The third kappa shape index (κ3) is 1.40. The van der Waals surface area contributed by atoms with Crippen LogP contribution in [0.2, 0.25) is 0 Å². The van der Waals surface area contributed by atoms with Crippen molar-refractivity contribution < 1.29 is 9.53 Å². The summed E-state index contributed by atoms with van der Waals surface area (Å²) in [5, 5.41) is 0. The molecule has 3 rings (SSSR count). The summed E-state index contributed by atoms with van der Waals surface area (Å²) in [4.78, 5) is 17.7. The highest BCUT2D eigenvalue weighted by atomic mass is 127. The second-order valence-electron chi connectivity index (χ2n) is 3.78. The largest absolute Gasteiger partial charge is 0.486 e. The Hall–Kier alpha value is -0.850. The van der Waals surface area contributed by atoms with Gasteiger partial charge in [0.05, 0.1) is 16.2 Å². The average molecular weight is 316 g/mol. The second-order valence-corrected chi connectivity index (χ2v) is 4.94. The topological polar surface area (TPSA) is 42.4 Å². The Balaban J connectivity index is 2.08. The van der Waals surface area contributed by atoms with E-state index in [1.165, 1.54) is 0 Å². The number of nitrogens with zero attached hydrogens (tertiary/aromatic N) is 2. The summed E-state index contributed by atoms with van der Waals surface area (Å²) in [5.74, 6) is 1.92. The first kappa shape index (κ1) is 9.38. The van der Waals surface area contributed by atoms with Crippen LogP contribution in [0.25, 0.3) is 0 Å². The number of pyridine rings is 1. The third-order valence-electron chi connectivity index (χ3n) is 2.78. The van der Waals surface area contributed by atoms with Crippen LogP contribution in [0.1, 0.15) is 6.42 Å². The molecule has 0 aromatic carbocycles. The lowest BCUT2D eigenvalue weighted by atomic mass is 10.2. The minimum Gasteiger partial charge on any atom is -0.486 e. The van der Waals surface area contributed by atoms with Crippen molar-refractivity contribution in [1.29, 1.82) is 0 Å². The van der Waals surface area contributed by atoms with E-state index in [1.807, 2.05) is 6.07 Å². The van der Waals surface area contributed by atoms with E-state index in [9.17, 15) is 4.79 Å². The van der Waals surface area contributed by atoms with Crippen molar-refractivity contribution in [2.24, 2.45) is 0 Å². The van der Waals surface area contributed by atoms with Crippen molar-refractivity contribution >= 4 is 34.2 Å². The van der Waals surface area contributed by atoms with Gasteiger partial charge >= 0.3 is 0 Å². The van der Waals surface area contributed by atoms with E-state index in [2.05, 4.69) is 32.5 Å². The molecule has 0 radical (unpaired) electrons. The predicted molar refractivity (Wildman–Crippen MR) is 63.2 cm³/mol. The van der Waals surface area contributed by atoms with Gasteiger partial charge in [-0.1, -0.05) is 0 Å². The molecule has 3 heterocycles. The molecule has 1 atom stereocenters. The fourth-order valence-electron chi connectivity index (χ4n) is 2.09. The Morgan fingerprint density at radius 3 is 3.33 bits per heavy atom. The summed E-state index contributed by atoms with van der Waals surface area (Å²) in [6.45, 7) is 1.08. The normalized spacial score (nSPS) is 23.4. The van der Waals surface area contributed by atoms with E-state index in [4.69, 9.17) is 4.74 Å². The van der Waals surface area contributed by atoms with Gasteiger partial charge in [-0.15, -0.1) is 0 Å². The first-order valence-corrected chi connectivity index (χ1v) is 5.89. The summed E-state index contributed by atoms with van der Waals surface area (Å²) in [6, 6.07) is 2.10. The molecule has 78 valence electrons. The van der Waals surface area contributed by atoms with Crippen molar-refractivity contribution in [1.82, 2.24) is 4.98 Å². The van der Waals surface area contributed by atoms with Crippen LogP contribution in [0, 0.1) is 3.57 Å². The van der Waals surface area contributed by atoms with Crippen molar-refractivity contribution in [3.63, 3.8) is 0 Å². The molecule has 0 saturated carbocycles. The van der Waals surface area contributed by atoms with Gasteiger partial charge in [-0.2, -0.15) is 0 Å². The lowest BCUT2D eigenvalue weighted by Gasteiger charge is -2.31. The smallest absolute Gasteiger partial charge is 0.175 e. The first-order chi connectivity index (χ1) is 7.25. The van der Waals surface area contributed by atoms with Crippen molar-refractivity contribution in [3.05, 3.63) is 15.8 Å². The van der Waals surface area contributed by atoms with Gasteiger partial charge in [-0.05, 0) is 28.7 Å². The zero-order valence-corrected chi connectivity index (χ0v) is 10.1. The number of aromatic nitrogens is 1. The Bertz CT molecular complexity index is 435. The van der Waals surface area contributed by atoms with Crippen LogP contribution >= 0.6 is 22.6 Å². The molecule has 1 aromatic heterocycles. The maximum absolute atomic E-state index is 11.4. The summed E-state index contributed by atoms with van der Waals surface area (Å²) in [6.07, 6.45) is 2.35. The molecule has 5 heteroatoms. The predicted octanol–water partition coefficient (Wildman–Crippen LogP) is 1.23. The molecule has 2 aliphatic rings. The fraction of sp³-hybridized carbons (Fsp3) is 0.400. The van der Waals surface area contributed by atoms with Gasteiger partial charge in [0.2, 0.25) is 0 Å². The maximum atomic E-state index is 11.4. The molecule has 1 fully saturated rings. The molecule has 0 bridgehead atoms. The zero-order valence-electron chi connectivity index (χ0n) is 7.94. The molecular formula is C10H9IN2O2. The van der Waals surface area contributed by atoms with E-state index in [-0.39, 0.29) is 11.8 Å². The standard InChI is InChI=1S/C10H9IN2O2/c11-8-1-2-12-10-9(8)15-5-6-3-7(14)4-13(6)10/h1-2,6H,3-5H2/t6-/m0/s1. The summed E-state index contributed by atoms with van der Waals surface area (Å²) >= 11 is 2.23. The Morgan fingerprint density at radius 2 is 2.47 bits per heavy atom. The summed E-state index contributed by atoms with van der Waals surface area (Å²) in [7, 11) is 0. The van der Waals surface area contributed by atoms with E-state index in [0.717, 1.165) is 15.1 Å². The number of ketones is 1. The molecule has 0 unspecified atom stereocenters. The van der Waals surface area contributed by atoms with E-state index in [1.54, 1.807) is 6.20 Å². The van der Waals surface area contributed by atoms with Crippen LogP contribution < -0.4 is 9.64 Å². The van der Waals surface area contributed by atoms with Crippen LogP contribution in [-0.2, 0) is 4.79 Å². The van der Waals surface area contributed by atoms with E-state index >= 15 is 0 Å². The first-order valence-electron chi connectivity index (χ1n) is 4.81. The molecule has 15 heavy (non-hydrogen) atoms. The number of halogens is 1. The lowest BCUT2D eigenvalue weighted by Crippen LogP contribution is -2.39. The van der Waals surface area contributed by atoms with Crippen LogP contribution in [0.4, 0.5) is 5.82 Å². The Labute approximate surface area is 101 Å². The summed E-state index contributed by atoms with van der Waals surface area (Å²) in [5.41, 5.74) is 0. The molecule has 0 spiro atoms. The molecule has 0 amide bonds. The number of carbonyl (C=O) groups excluding carboxylic acids is 1. The fourth-order valence-corrected chi connectivity index (χ4v) is 2.64. The zero-order chi connectivity index (χ0) is 10.4. The van der Waals surface area contributed by atoms with Gasteiger partial charge in [-0.25, -0.2) is 4.98 Å². The number of rotatable bonds is 0. The molecule has 0 N–H and O–H groups in total. The SMILES string of the molecule is O=C1C[C@H]2COc3c(I)ccnc3N2C1. The van der Waals surface area contributed by atoms with Crippen LogP contribution in [0.3, 0.4) is 0 Å². The number of Topliss-reactive ketones (excluding diaryl/α,β-unsaturated/α-hetero) is 1. The average Bonchev–Trinajstić information content (AvgIpc) is 2.59. The van der Waals surface area contributed by atoms with Crippen molar-refractivity contribution in [2.75, 3.05) is 18.1 Å².